The van der Waals surface area contributed by atoms with Gasteiger partial charge in [0, 0.05) is 19.1 Å². The summed E-state index contributed by atoms with van der Waals surface area (Å²) in [4.78, 5) is 26.7. The van der Waals surface area contributed by atoms with Crippen molar-refractivity contribution in [2.45, 2.75) is 69.1 Å². The van der Waals surface area contributed by atoms with Crippen LogP contribution in [-0.2, 0) is 11.4 Å². The Morgan fingerprint density at radius 1 is 1.00 bits per heavy atom. The van der Waals surface area contributed by atoms with Crippen LogP contribution in [0.4, 0.5) is 4.79 Å². The van der Waals surface area contributed by atoms with Crippen LogP contribution in [0.25, 0.3) is 10.8 Å². The molecule has 0 spiro atoms. The second-order valence-corrected chi connectivity index (χ2v) is 11.2. The second kappa shape index (κ2) is 11.8. The molecular weight excluding hydrogens is 516 g/mol. The maximum Gasteiger partial charge on any atom is 0.404 e. The first-order chi connectivity index (χ1) is 18.8. The number of benzene rings is 3. The lowest BCUT2D eigenvalue weighted by Crippen LogP contribution is -2.52. The molecule has 206 valence electrons. The van der Waals surface area contributed by atoms with Gasteiger partial charge >= 0.3 is 6.09 Å². The van der Waals surface area contributed by atoms with Crippen LogP contribution in [0.3, 0.4) is 0 Å². The number of aliphatic hydroxyl groups is 1. The highest BCUT2D eigenvalue weighted by molar-refractivity contribution is 6.32. The van der Waals surface area contributed by atoms with Gasteiger partial charge in [-0.1, -0.05) is 73.3 Å². The Morgan fingerprint density at radius 3 is 2.41 bits per heavy atom. The Bertz CT molecular complexity index is 1330. The average Bonchev–Trinajstić information content (AvgIpc) is 2.93. The number of nitrogens with one attached hydrogen (secondary N) is 1. The van der Waals surface area contributed by atoms with Gasteiger partial charge in [-0.3, -0.25) is 4.79 Å². The van der Waals surface area contributed by atoms with E-state index in [1.807, 2.05) is 24.3 Å². The molecule has 0 radical (unpaired) electrons. The number of carbonyl (C=O) groups is 2. The van der Waals surface area contributed by atoms with Gasteiger partial charge in [0.1, 0.15) is 12.4 Å². The van der Waals surface area contributed by atoms with Crippen molar-refractivity contribution in [3.05, 3.63) is 76.8 Å². The van der Waals surface area contributed by atoms with Crippen molar-refractivity contribution in [3.63, 3.8) is 0 Å². The highest BCUT2D eigenvalue weighted by atomic mass is 35.5. The number of hydrogen-bond acceptors (Lipinski definition) is 4. The summed E-state index contributed by atoms with van der Waals surface area (Å²) >= 11 is 6.68. The van der Waals surface area contributed by atoms with E-state index in [2.05, 4.69) is 29.6 Å². The van der Waals surface area contributed by atoms with Gasteiger partial charge in [0.05, 0.1) is 16.5 Å². The summed E-state index contributed by atoms with van der Waals surface area (Å²) in [7, 11) is 0. The topological polar surface area (TPSA) is 99.1 Å². The number of hydrogen-bond donors (Lipinski definition) is 3. The number of amides is 2. The number of carbonyl (C=O) groups excluding carboxylic acids is 1. The molecule has 1 saturated heterocycles. The number of halogens is 1. The van der Waals surface area contributed by atoms with Crippen molar-refractivity contribution >= 4 is 34.4 Å². The minimum atomic E-state index is -1.15. The van der Waals surface area contributed by atoms with E-state index in [9.17, 15) is 14.7 Å². The summed E-state index contributed by atoms with van der Waals surface area (Å²) < 4.78 is 6.05. The minimum absolute atomic E-state index is 0.130. The molecule has 0 aromatic heterocycles. The highest BCUT2D eigenvalue weighted by Gasteiger charge is 2.45. The molecule has 1 saturated carbocycles. The van der Waals surface area contributed by atoms with E-state index < -0.39 is 17.6 Å². The quantitative estimate of drug-likeness (QED) is 0.329. The molecule has 1 aliphatic heterocycles. The average molecular weight is 551 g/mol. The number of piperidine rings is 1. The largest absolute Gasteiger partial charge is 0.487 e. The van der Waals surface area contributed by atoms with Gasteiger partial charge in [-0.25, -0.2) is 4.79 Å². The molecule has 3 aromatic rings. The molecule has 3 aromatic carbocycles. The molecule has 1 aliphatic carbocycles. The third-order valence-electron chi connectivity index (χ3n) is 8.14. The van der Waals surface area contributed by atoms with E-state index in [4.69, 9.17) is 21.4 Å². The number of likely N-dealkylation sites (tertiary alicyclic amines) is 1. The van der Waals surface area contributed by atoms with Gasteiger partial charge in [0.15, 0.2) is 0 Å². The number of rotatable bonds is 7. The minimum Gasteiger partial charge on any atom is -0.487 e. The van der Waals surface area contributed by atoms with Crippen LogP contribution in [0.1, 0.15) is 62.0 Å². The Kier molecular flexibility index (Phi) is 8.29. The lowest BCUT2D eigenvalue weighted by molar-refractivity contribution is -0.142. The van der Waals surface area contributed by atoms with Gasteiger partial charge in [-0.2, -0.15) is 0 Å². The molecule has 2 fully saturated rings. The van der Waals surface area contributed by atoms with Gasteiger partial charge in [0.25, 0.3) is 0 Å². The van der Waals surface area contributed by atoms with E-state index in [0.29, 0.717) is 61.7 Å². The normalized spacial score (nSPS) is 18.5. The summed E-state index contributed by atoms with van der Waals surface area (Å²) in [5.74, 6) is -0.348. The van der Waals surface area contributed by atoms with Crippen LogP contribution in [0, 0.1) is 0 Å². The molecule has 7 nitrogen and oxygen atoms in total. The Morgan fingerprint density at radius 2 is 1.72 bits per heavy atom. The Labute approximate surface area is 233 Å². The summed E-state index contributed by atoms with van der Waals surface area (Å²) in [6.07, 6.45) is 3.93. The van der Waals surface area contributed by atoms with Gasteiger partial charge in [-0.05, 0) is 65.8 Å². The molecular formula is C31H35ClN2O5. The SMILES string of the molecule is O=C(O)NC1CCN(C(=O)C(c2ccc(OCc3ccc4ccccc4c3)c(Cl)c2)C2(O)CCCCC2)CC1. The first-order valence-electron chi connectivity index (χ1n) is 13.7. The third-order valence-corrected chi connectivity index (χ3v) is 8.43. The molecule has 1 unspecified atom stereocenters. The van der Waals surface area contributed by atoms with Gasteiger partial charge < -0.3 is 25.2 Å². The smallest absolute Gasteiger partial charge is 0.404 e. The molecule has 39 heavy (non-hydrogen) atoms. The van der Waals surface area contributed by atoms with Crippen LogP contribution in [-0.4, -0.2) is 51.8 Å². The zero-order chi connectivity index (χ0) is 27.4. The van der Waals surface area contributed by atoms with Crippen molar-refractivity contribution in [2.75, 3.05) is 13.1 Å². The summed E-state index contributed by atoms with van der Waals surface area (Å²) in [5.41, 5.74) is 0.555. The van der Waals surface area contributed by atoms with Crippen LogP contribution in [0.15, 0.2) is 60.7 Å². The van der Waals surface area contributed by atoms with Crippen molar-refractivity contribution in [2.24, 2.45) is 0 Å². The lowest BCUT2D eigenvalue weighted by Gasteiger charge is -2.42. The van der Waals surface area contributed by atoms with E-state index in [-0.39, 0.29) is 11.9 Å². The zero-order valence-electron chi connectivity index (χ0n) is 21.9. The number of nitrogens with zero attached hydrogens (tertiary/aromatic N) is 1. The lowest BCUT2D eigenvalue weighted by atomic mass is 9.72. The van der Waals surface area contributed by atoms with E-state index in [0.717, 1.165) is 30.2 Å². The summed E-state index contributed by atoms with van der Waals surface area (Å²) in [5, 5.41) is 26.0. The highest BCUT2D eigenvalue weighted by Crippen LogP contribution is 2.43. The first kappa shape index (κ1) is 27.3. The van der Waals surface area contributed by atoms with E-state index in [1.54, 1.807) is 17.0 Å². The molecule has 1 atom stereocenters. The predicted octanol–water partition coefficient (Wildman–Crippen LogP) is 6.11. The van der Waals surface area contributed by atoms with Crippen molar-refractivity contribution in [1.82, 2.24) is 10.2 Å². The predicted molar refractivity (Wildman–Crippen MR) is 151 cm³/mol. The standard InChI is InChI=1S/C31H35ClN2O5/c32-26-19-24(10-11-27(26)39-20-21-8-9-22-6-2-3-7-23(22)18-21)28(31(38)14-4-1-5-15-31)29(35)34-16-12-25(13-17-34)33-30(36)37/h2-3,6-11,18-19,25,28,33,38H,1,4-5,12-17,20H2,(H,36,37). The fourth-order valence-corrected chi connectivity index (χ4v) is 6.28. The van der Waals surface area contributed by atoms with Crippen LogP contribution >= 0.6 is 11.6 Å². The number of ether oxygens (including phenoxy) is 1. The van der Waals surface area contributed by atoms with E-state index in [1.165, 1.54) is 5.39 Å². The fourth-order valence-electron chi connectivity index (χ4n) is 6.04. The van der Waals surface area contributed by atoms with Crippen molar-refractivity contribution in [3.8, 4) is 5.75 Å². The Hall–Kier alpha value is -3.29. The van der Waals surface area contributed by atoms with Crippen LogP contribution in [0.2, 0.25) is 5.02 Å². The number of fused-ring (bicyclic) bond motifs is 1. The maximum absolute atomic E-state index is 13.9. The molecule has 3 N–H and O–H groups in total. The van der Waals surface area contributed by atoms with E-state index >= 15 is 0 Å². The molecule has 8 heteroatoms. The third kappa shape index (κ3) is 6.31. The molecule has 2 amide bonds. The zero-order valence-corrected chi connectivity index (χ0v) is 22.7. The molecule has 1 heterocycles. The number of carboxylic acid groups (broad SMARTS) is 1. The van der Waals surface area contributed by atoms with Gasteiger partial charge in [0.2, 0.25) is 5.91 Å². The maximum atomic E-state index is 13.9. The van der Waals surface area contributed by atoms with Gasteiger partial charge in [-0.15, -0.1) is 0 Å². The van der Waals surface area contributed by atoms with Crippen LogP contribution in [0.5, 0.6) is 5.75 Å². The fraction of sp³-hybridized carbons (Fsp3) is 0.419. The molecule has 2 aliphatic rings. The second-order valence-electron chi connectivity index (χ2n) is 10.8. The summed E-state index contributed by atoms with van der Waals surface area (Å²) in [6, 6.07) is 19.6. The Balaban J connectivity index is 1.33. The molecule has 0 bridgehead atoms. The van der Waals surface area contributed by atoms with Crippen molar-refractivity contribution < 1.29 is 24.5 Å². The first-order valence-corrected chi connectivity index (χ1v) is 14.1. The van der Waals surface area contributed by atoms with Crippen molar-refractivity contribution in [1.29, 1.82) is 0 Å². The monoisotopic (exact) mass is 550 g/mol. The summed E-state index contributed by atoms with van der Waals surface area (Å²) in [6.45, 7) is 1.24. The molecule has 5 rings (SSSR count). The van der Waals surface area contributed by atoms with Crippen LogP contribution < -0.4 is 10.1 Å².